The molecule has 7 rings (SSSR count). The second-order valence-electron chi connectivity index (χ2n) is 9.85. The minimum absolute atomic E-state index is 0.0150. The number of H-pyrrole nitrogens is 1. The summed E-state index contributed by atoms with van der Waals surface area (Å²) in [7, 11) is 0. The molecule has 0 aliphatic heterocycles. The van der Waals surface area contributed by atoms with Crippen molar-refractivity contribution in [2.24, 2.45) is 0 Å². The number of aromatic nitrogens is 5. The van der Waals surface area contributed by atoms with Crippen LogP contribution in [0.3, 0.4) is 0 Å². The molecule has 0 spiro atoms. The molecule has 0 atom stereocenters. The van der Waals surface area contributed by atoms with Crippen molar-refractivity contribution in [1.29, 1.82) is 0 Å². The summed E-state index contributed by atoms with van der Waals surface area (Å²) >= 11 is 0. The largest absolute Gasteiger partial charge is 0.431 e. The summed E-state index contributed by atoms with van der Waals surface area (Å²) in [6, 6.07) is 21.4. The van der Waals surface area contributed by atoms with Gasteiger partial charge in [-0.2, -0.15) is 0 Å². The Morgan fingerprint density at radius 2 is 1.76 bits per heavy atom. The van der Waals surface area contributed by atoms with Gasteiger partial charge in [0, 0.05) is 29.0 Å². The molecular formula is C32H22F2N6O2. The lowest BCUT2D eigenvalue weighted by Crippen LogP contribution is -2.23. The first kappa shape index (κ1) is 25.5. The molecule has 2 N–H and O–H groups in total. The molecule has 0 fully saturated rings. The Morgan fingerprint density at radius 1 is 0.881 bits per heavy atom. The van der Waals surface area contributed by atoms with Crippen molar-refractivity contribution in [3.05, 3.63) is 120 Å². The molecule has 4 heterocycles. The molecule has 0 bridgehead atoms. The van der Waals surface area contributed by atoms with Crippen LogP contribution >= 0.6 is 0 Å². The number of aromatic amines is 1. The summed E-state index contributed by atoms with van der Waals surface area (Å²) in [5.41, 5.74) is 4.28. The van der Waals surface area contributed by atoms with E-state index in [4.69, 9.17) is 9.40 Å². The van der Waals surface area contributed by atoms with Crippen molar-refractivity contribution in [2.45, 2.75) is 19.4 Å². The monoisotopic (exact) mass is 560 g/mol. The fourth-order valence-corrected chi connectivity index (χ4v) is 5.01. The van der Waals surface area contributed by atoms with Gasteiger partial charge in [-0.05, 0) is 60.5 Å². The second-order valence-corrected chi connectivity index (χ2v) is 9.85. The third-order valence-corrected chi connectivity index (χ3v) is 7.09. The highest BCUT2D eigenvalue weighted by Gasteiger charge is 2.17. The van der Waals surface area contributed by atoms with E-state index < -0.39 is 11.7 Å². The Morgan fingerprint density at radius 3 is 2.64 bits per heavy atom. The van der Waals surface area contributed by atoms with Crippen molar-refractivity contribution in [3.63, 3.8) is 0 Å². The number of oxazole rings is 1. The highest BCUT2D eigenvalue weighted by Crippen LogP contribution is 2.30. The van der Waals surface area contributed by atoms with E-state index in [1.165, 1.54) is 30.6 Å². The van der Waals surface area contributed by atoms with Gasteiger partial charge in [0.2, 0.25) is 11.7 Å². The van der Waals surface area contributed by atoms with Crippen LogP contribution in [0.1, 0.15) is 27.6 Å². The number of carbonyl (C=O) groups is 1. The second kappa shape index (κ2) is 10.5. The van der Waals surface area contributed by atoms with Gasteiger partial charge < -0.3 is 14.7 Å². The van der Waals surface area contributed by atoms with Gasteiger partial charge in [-0.3, -0.25) is 9.78 Å². The number of halogens is 2. The van der Waals surface area contributed by atoms with Crippen LogP contribution in [0.5, 0.6) is 0 Å². The van der Waals surface area contributed by atoms with Gasteiger partial charge in [-0.25, -0.2) is 23.7 Å². The molecule has 0 aliphatic rings. The highest BCUT2D eigenvalue weighted by atomic mass is 19.1. The van der Waals surface area contributed by atoms with Crippen molar-refractivity contribution in [2.75, 3.05) is 0 Å². The molecule has 10 heteroatoms. The minimum Gasteiger partial charge on any atom is -0.431 e. The fourth-order valence-electron chi connectivity index (χ4n) is 5.01. The molecule has 7 aromatic rings. The summed E-state index contributed by atoms with van der Waals surface area (Å²) in [5, 5.41) is 4.57. The molecule has 8 nitrogen and oxygen atoms in total. The molecular weight excluding hydrogens is 538 g/mol. The highest BCUT2D eigenvalue weighted by molar-refractivity contribution is 5.96. The van der Waals surface area contributed by atoms with Crippen LogP contribution in [0.2, 0.25) is 0 Å². The number of benzene rings is 3. The van der Waals surface area contributed by atoms with Crippen LogP contribution in [0.15, 0.2) is 89.6 Å². The third kappa shape index (κ3) is 4.83. The van der Waals surface area contributed by atoms with Gasteiger partial charge in [0.1, 0.15) is 17.2 Å². The summed E-state index contributed by atoms with van der Waals surface area (Å²) in [6.07, 6.45) is 3.90. The first-order chi connectivity index (χ1) is 20.5. The third-order valence-electron chi connectivity index (χ3n) is 7.09. The Hall–Kier alpha value is -5.51. The molecule has 0 saturated carbocycles. The lowest BCUT2D eigenvalue weighted by atomic mass is 9.98. The topological polar surface area (TPSA) is 110 Å². The van der Waals surface area contributed by atoms with Gasteiger partial charge in [0.05, 0.1) is 35.0 Å². The number of fused-ring (bicyclic) bond motifs is 3. The quantitative estimate of drug-likeness (QED) is 0.221. The molecule has 0 saturated heterocycles. The van der Waals surface area contributed by atoms with Gasteiger partial charge >= 0.3 is 0 Å². The number of imidazole rings is 1. The fraction of sp³-hybridized carbons (Fsp3) is 0.0938. The average molecular weight is 561 g/mol. The number of nitrogens with zero attached hydrogens (tertiary/aromatic N) is 4. The normalized spacial score (nSPS) is 11.5. The van der Waals surface area contributed by atoms with Gasteiger partial charge in [-0.1, -0.05) is 24.3 Å². The Balaban J connectivity index is 1.21. The van der Waals surface area contributed by atoms with E-state index in [0.717, 1.165) is 27.4 Å². The summed E-state index contributed by atoms with van der Waals surface area (Å²) < 4.78 is 33.9. The Kier molecular flexibility index (Phi) is 6.35. The molecule has 0 aliphatic carbocycles. The predicted molar refractivity (Wildman–Crippen MR) is 154 cm³/mol. The van der Waals surface area contributed by atoms with Crippen LogP contribution in [0, 0.1) is 11.6 Å². The number of rotatable bonds is 7. The van der Waals surface area contributed by atoms with Gasteiger partial charge in [0.15, 0.2) is 5.82 Å². The number of carbonyl (C=O) groups excluding carboxylic acids is 1. The average Bonchev–Trinajstić information content (AvgIpc) is 3.67. The summed E-state index contributed by atoms with van der Waals surface area (Å²) in [4.78, 5) is 33.5. The molecule has 0 unspecified atom stereocenters. The van der Waals surface area contributed by atoms with Crippen molar-refractivity contribution < 1.29 is 18.0 Å². The van der Waals surface area contributed by atoms with Gasteiger partial charge in [-0.15, -0.1) is 0 Å². The number of hydrogen-bond acceptors (Lipinski definition) is 6. The Bertz CT molecular complexity index is 2120. The summed E-state index contributed by atoms with van der Waals surface area (Å²) in [6.45, 7) is -0.0929. The molecule has 42 heavy (non-hydrogen) atoms. The van der Waals surface area contributed by atoms with Crippen molar-refractivity contribution in [3.8, 4) is 11.5 Å². The molecule has 206 valence electrons. The lowest BCUT2D eigenvalue weighted by molar-refractivity contribution is 0.0923. The zero-order valence-corrected chi connectivity index (χ0v) is 22.1. The first-order valence-electron chi connectivity index (χ1n) is 13.3. The van der Waals surface area contributed by atoms with Crippen LogP contribution in [0.25, 0.3) is 44.3 Å². The maximum absolute atomic E-state index is 14.2. The molecule has 0 radical (unpaired) electrons. The van der Waals surface area contributed by atoms with E-state index in [2.05, 4.69) is 31.3 Å². The molecule has 4 aromatic heterocycles. The van der Waals surface area contributed by atoms with Crippen molar-refractivity contribution >= 4 is 38.7 Å². The van der Waals surface area contributed by atoms with Crippen LogP contribution in [0.4, 0.5) is 8.78 Å². The SMILES string of the molecule is O=C(NCc1ncccc1F)c1cnc(-c2cc(CCc3nc4c(F)cccc4[nH]3)c3cc4ccccc4nc3c2)o1. The van der Waals surface area contributed by atoms with Crippen LogP contribution < -0.4 is 5.32 Å². The zero-order chi connectivity index (χ0) is 28.6. The van der Waals surface area contributed by atoms with Crippen molar-refractivity contribution in [1.82, 2.24) is 30.2 Å². The maximum atomic E-state index is 14.2. The number of aryl methyl sites for hydroxylation is 2. The number of amides is 1. The first-order valence-corrected chi connectivity index (χ1v) is 13.3. The minimum atomic E-state index is -0.541. The van der Waals surface area contributed by atoms with E-state index in [-0.39, 0.29) is 29.7 Å². The number of pyridine rings is 2. The number of hydrogen-bond donors (Lipinski definition) is 2. The number of para-hydroxylation sites is 2. The van der Waals surface area contributed by atoms with E-state index in [1.54, 1.807) is 12.1 Å². The maximum Gasteiger partial charge on any atom is 0.289 e. The van der Waals surface area contributed by atoms with Crippen LogP contribution in [-0.4, -0.2) is 30.8 Å². The predicted octanol–water partition coefficient (Wildman–Crippen LogP) is 6.31. The van der Waals surface area contributed by atoms with Crippen LogP contribution in [-0.2, 0) is 19.4 Å². The molecule has 3 aromatic carbocycles. The van der Waals surface area contributed by atoms with Gasteiger partial charge in [0.25, 0.3) is 5.91 Å². The van der Waals surface area contributed by atoms with E-state index in [0.29, 0.717) is 35.3 Å². The lowest BCUT2D eigenvalue weighted by Gasteiger charge is -2.10. The van der Waals surface area contributed by atoms with E-state index >= 15 is 0 Å². The zero-order valence-electron chi connectivity index (χ0n) is 22.1. The molecule has 1 amide bonds. The number of nitrogens with one attached hydrogen (secondary N) is 2. The standard InChI is InChI=1S/C32H22F2N6O2/c33-22-7-4-12-35-27(22)16-36-31(41)28-17-37-32(42-28)20-13-18(10-11-29-39-25-9-3-6-23(34)30(25)40-29)21-14-19-5-1-2-8-24(19)38-26(21)15-20/h1-9,12-15,17H,10-11,16H2,(H,36,41)(H,39,40). The van der Waals surface area contributed by atoms with E-state index in [9.17, 15) is 13.6 Å². The summed E-state index contributed by atoms with van der Waals surface area (Å²) in [5.74, 6) is -0.519. The Labute approximate surface area is 237 Å². The smallest absolute Gasteiger partial charge is 0.289 e. The van der Waals surface area contributed by atoms with E-state index in [1.807, 2.05) is 36.4 Å².